The second-order valence-electron chi connectivity index (χ2n) is 6.71. The average Bonchev–Trinajstić information content (AvgIpc) is 2.77. The summed E-state index contributed by atoms with van der Waals surface area (Å²) in [5.41, 5.74) is 5.11. The van der Waals surface area contributed by atoms with Crippen LogP contribution in [0.1, 0.15) is 32.6 Å². The van der Waals surface area contributed by atoms with Crippen LogP contribution in [-0.2, 0) is 24.4 Å². The van der Waals surface area contributed by atoms with Crippen LogP contribution in [0.15, 0.2) is 29.4 Å². The Morgan fingerprint density at radius 2 is 2.11 bits per heavy atom. The molecule has 1 unspecified atom stereocenters. The van der Waals surface area contributed by atoms with Gasteiger partial charge in [-0.2, -0.15) is 4.31 Å². The molecule has 2 heterocycles. The first-order chi connectivity index (χ1) is 12.7. The van der Waals surface area contributed by atoms with Crippen molar-refractivity contribution in [2.24, 2.45) is 11.7 Å². The lowest BCUT2D eigenvalue weighted by Gasteiger charge is -2.19. The molecule has 10 heteroatoms. The second-order valence-corrected chi connectivity index (χ2v) is 8.60. The summed E-state index contributed by atoms with van der Waals surface area (Å²) in [6, 6.07) is 3.80. The summed E-state index contributed by atoms with van der Waals surface area (Å²) in [5, 5.41) is 2.54. The number of aromatic nitrogens is 1. The summed E-state index contributed by atoms with van der Waals surface area (Å²) in [7, 11) is -3.87. The fourth-order valence-electron chi connectivity index (χ4n) is 2.97. The van der Waals surface area contributed by atoms with E-state index in [9.17, 15) is 22.8 Å². The first kappa shape index (κ1) is 21.0. The fraction of sp³-hybridized carbons (Fsp3) is 0.529. The zero-order chi connectivity index (χ0) is 20.0. The van der Waals surface area contributed by atoms with Crippen molar-refractivity contribution >= 4 is 27.6 Å². The molecule has 2 amide bonds. The van der Waals surface area contributed by atoms with Crippen LogP contribution >= 0.6 is 0 Å². The van der Waals surface area contributed by atoms with E-state index in [1.54, 1.807) is 19.1 Å². The largest absolute Gasteiger partial charge is 0.370 e. The van der Waals surface area contributed by atoms with Crippen LogP contribution in [0.4, 0.5) is 0 Å². The number of carbonyl (C=O) groups excluding carboxylic acids is 3. The molecule has 27 heavy (non-hydrogen) atoms. The van der Waals surface area contributed by atoms with Crippen LogP contribution in [0, 0.1) is 5.92 Å². The Morgan fingerprint density at radius 3 is 2.74 bits per heavy atom. The zero-order valence-corrected chi connectivity index (χ0v) is 15.9. The molecule has 0 radical (unpaired) electrons. The third-order valence-corrected chi connectivity index (χ3v) is 6.04. The van der Waals surface area contributed by atoms with E-state index in [4.69, 9.17) is 5.73 Å². The number of amides is 2. The molecule has 0 bridgehead atoms. The summed E-state index contributed by atoms with van der Waals surface area (Å²) in [4.78, 5) is 39.3. The predicted molar refractivity (Wildman–Crippen MR) is 96.8 cm³/mol. The van der Waals surface area contributed by atoms with Gasteiger partial charge in [0.05, 0.1) is 12.6 Å². The minimum Gasteiger partial charge on any atom is -0.370 e. The SMILES string of the molecule is CC(CC(N)=O)CC(=O)N[C@H]1CCCN(S(=O)(=O)c2ccccn2)CC1=O. The van der Waals surface area contributed by atoms with Crippen molar-refractivity contribution in [2.75, 3.05) is 13.1 Å². The normalized spacial score (nSPS) is 19.9. The van der Waals surface area contributed by atoms with E-state index in [-0.39, 0.29) is 48.6 Å². The lowest BCUT2D eigenvalue weighted by atomic mass is 10.0. The maximum atomic E-state index is 12.6. The highest BCUT2D eigenvalue weighted by Gasteiger charge is 2.33. The Labute approximate surface area is 158 Å². The molecule has 2 rings (SSSR count). The number of primary amides is 1. The minimum absolute atomic E-state index is 0.0721. The molecule has 2 atom stereocenters. The minimum atomic E-state index is -3.87. The van der Waals surface area contributed by atoms with Crippen molar-refractivity contribution < 1.29 is 22.8 Å². The summed E-state index contributed by atoms with van der Waals surface area (Å²) in [6.07, 6.45) is 2.32. The van der Waals surface area contributed by atoms with Gasteiger partial charge in [-0.05, 0) is 30.9 Å². The lowest BCUT2D eigenvalue weighted by molar-refractivity contribution is -0.128. The van der Waals surface area contributed by atoms with Crippen molar-refractivity contribution in [3.05, 3.63) is 24.4 Å². The lowest BCUT2D eigenvalue weighted by Crippen LogP contribution is -2.44. The van der Waals surface area contributed by atoms with E-state index >= 15 is 0 Å². The molecule has 0 aliphatic carbocycles. The summed E-state index contributed by atoms with van der Waals surface area (Å²) in [6.45, 7) is 1.58. The number of hydrogen-bond donors (Lipinski definition) is 2. The van der Waals surface area contributed by atoms with Crippen LogP contribution in [0.3, 0.4) is 0 Å². The van der Waals surface area contributed by atoms with E-state index in [1.165, 1.54) is 12.3 Å². The highest BCUT2D eigenvalue weighted by Crippen LogP contribution is 2.18. The molecule has 0 saturated carbocycles. The number of Topliss-reactive ketones (excluding diaryl/α,β-unsaturated/α-hetero) is 1. The van der Waals surface area contributed by atoms with Crippen LogP contribution in [0.25, 0.3) is 0 Å². The number of ketones is 1. The third-order valence-electron chi connectivity index (χ3n) is 4.28. The highest BCUT2D eigenvalue weighted by atomic mass is 32.2. The maximum Gasteiger partial charge on any atom is 0.260 e. The van der Waals surface area contributed by atoms with E-state index in [1.807, 2.05) is 0 Å². The molecular formula is C17H24N4O5S. The number of nitrogens with two attached hydrogens (primary N) is 1. The molecule has 3 N–H and O–H groups in total. The molecule has 0 aromatic carbocycles. The molecule has 9 nitrogen and oxygen atoms in total. The summed E-state index contributed by atoms with van der Waals surface area (Å²) < 4.78 is 26.4. The van der Waals surface area contributed by atoms with Crippen molar-refractivity contribution in [1.29, 1.82) is 0 Å². The molecule has 1 fully saturated rings. The number of hydrogen-bond acceptors (Lipinski definition) is 6. The van der Waals surface area contributed by atoms with Gasteiger partial charge in [0, 0.05) is 25.6 Å². The number of carbonyl (C=O) groups is 3. The molecule has 1 aliphatic rings. The highest BCUT2D eigenvalue weighted by molar-refractivity contribution is 7.89. The molecule has 1 aliphatic heterocycles. The van der Waals surface area contributed by atoms with Crippen LogP contribution in [0.2, 0.25) is 0 Å². The van der Waals surface area contributed by atoms with Crippen molar-refractivity contribution in [3.63, 3.8) is 0 Å². The van der Waals surface area contributed by atoms with Gasteiger partial charge in [-0.3, -0.25) is 14.4 Å². The number of nitrogens with one attached hydrogen (secondary N) is 1. The van der Waals surface area contributed by atoms with Gasteiger partial charge in [0.2, 0.25) is 11.8 Å². The van der Waals surface area contributed by atoms with Gasteiger partial charge in [0.25, 0.3) is 10.0 Å². The Hall–Kier alpha value is -2.33. The van der Waals surface area contributed by atoms with Gasteiger partial charge in [-0.15, -0.1) is 0 Å². The smallest absolute Gasteiger partial charge is 0.260 e. The Bertz CT molecular complexity index is 797. The summed E-state index contributed by atoms with van der Waals surface area (Å²) >= 11 is 0. The van der Waals surface area contributed by atoms with Gasteiger partial charge in [0.1, 0.15) is 0 Å². The maximum absolute atomic E-state index is 12.6. The molecule has 148 valence electrons. The van der Waals surface area contributed by atoms with Crippen molar-refractivity contribution in [3.8, 4) is 0 Å². The Morgan fingerprint density at radius 1 is 1.37 bits per heavy atom. The van der Waals surface area contributed by atoms with Crippen LogP contribution < -0.4 is 11.1 Å². The van der Waals surface area contributed by atoms with E-state index in [0.717, 1.165) is 4.31 Å². The molecule has 1 saturated heterocycles. The molecule has 0 spiro atoms. The number of rotatable bonds is 7. The zero-order valence-electron chi connectivity index (χ0n) is 15.1. The monoisotopic (exact) mass is 396 g/mol. The quantitative estimate of drug-likeness (QED) is 0.655. The van der Waals surface area contributed by atoms with E-state index in [0.29, 0.717) is 12.8 Å². The number of pyridine rings is 1. The molecule has 1 aromatic heterocycles. The Balaban J connectivity index is 2.00. The first-order valence-electron chi connectivity index (χ1n) is 8.71. The molecular weight excluding hydrogens is 372 g/mol. The van der Waals surface area contributed by atoms with Gasteiger partial charge in [0.15, 0.2) is 10.8 Å². The number of nitrogens with zero attached hydrogens (tertiary/aromatic N) is 2. The standard InChI is InChI=1S/C17H24N4O5S/c1-12(9-15(18)23)10-16(24)20-13-5-4-8-21(11-14(13)22)27(25,26)17-6-2-3-7-19-17/h2-3,6-7,12-13H,4-5,8-11H2,1H3,(H2,18,23)(H,20,24)/t12?,13-/m0/s1. The topological polar surface area (TPSA) is 140 Å². The predicted octanol–water partition coefficient (Wildman–Crippen LogP) is -0.178. The summed E-state index contributed by atoms with van der Waals surface area (Å²) in [5.74, 6) is -1.45. The number of sulfonamides is 1. The Kier molecular flexibility index (Phi) is 7.03. The van der Waals surface area contributed by atoms with Crippen LogP contribution in [0.5, 0.6) is 0 Å². The second kappa shape index (κ2) is 9.05. The van der Waals surface area contributed by atoms with E-state index in [2.05, 4.69) is 10.3 Å². The molecule has 1 aromatic rings. The van der Waals surface area contributed by atoms with E-state index < -0.39 is 22.0 Å². The van der Waals surface area contributed by atoms with Gasteiger partial charge >= 0.3 is 0 Å². The average molecular weight is 396 g/mol. The van der Waals surface area contributed by atoms with Crippen LogP contribution in [-0.4, -0.2) is 54.4 Å². The van der Waals surface area contributed by atoms with Gasteiger partial charge in [-0.1, -0.05) is 13.0 Å². The first-order valence-corrected chi connectivity index (χ1v) is 10.2. The fourth-order valence-corrected chi connectivity index (χ4v) is 4.35. The van der Waals surface area contributed by atoms with Crippen molar-refractivity contribution in [2.45, 2.75) is 43.7 Å². The van der Waals surface area contributed by atoms with Gasteiger partial charge in [-0.25, -0.2) is 13.4 Å². The third kappa shape index (κ3) is 5.83. The van der Waals surface area contributed by atoms with Crippen molar-refractivity contribution in [1.82, 2.24) is 14.6 Å². The van der Waals surface area contributed by atoms with Gasteiger partial charge < -0.3 is 11.1 Å².